The molecule has 1 aromatic carbocycles. The molecule has 2 nitrogen and oxygen atoms in total. The molecule has 2 rings (SSSR count). The maximum atomic E-state index is 4.48. The van der Waals surface area contributed by atoms with Gasteiger partial charge in [0.1, 0.15) is 10.7 Å². The largest absolute Gasteiger partial charge is 0.328 e. The van der Waals surface area contributed by atoms with Crippen LogP contribution in [-0.4, -0.2) is 9.55 Å². The van der Waals surface area contributed by atoms with E-state index in [2.05, 4.69) is 42.8 Å². The van der Waals surface area contributed by atoms with E-state index in [-0.39, 0.29) is 0 Å². The molecule has 106 valence electrons. The topological polar surface area (TPSA) is 17.8 Å². The first-order chi connectivity index (χ1) is 10.1. The Morgan fingerprint density at radius 3 is 2.86 bits per heavy atom. The fourth-order valence-electron chi connectivity index (χ4n) is 1.71. The fraction of sp³-hybridized carbons (Fsp3) is 0.167. The molecule has 0 aliphatic rings. The summed E-state index contributed by atoms with van der Waals surface area (Å²) < 4.78 is 2.01. The number of thioether (sulfide) groups is 1. The Morgan fingerprint density at radius 1 is 1.38 bits per heavy atom. The highest BCUT2D eigenvalue weighted by atomic mass is 32.2. The number of aromatic nitrogens is 2. The second kappa shape index (κ2) is 7.01. The molecule has 0 saturated heterocycles. The predicted octanol–water partition coefficient (Wildman–Crippen LogP) is 4.82. The highest BCUT2D eigenvalue weighted by molar-refractivity contribution is 8.03. The Bertz CT molecular complexity index is 678. The van der Waals surface area contributed by atoms with Gasteiger partial charge in [-0.05, 0) is 38.1 Å². The van der Waals surface area contributed by atoms with Crippen LogP contribution >= 0.6 is 11.8 Å². The minimum Gasteiger partial charge on any atom is -0.328 e. The van der Waals surface area contributed by atoms with Gasteiger partial charge in [-0.2, -0.15) is 0 Å². The van der Waals surface area contributed by atoms with Crippen LogP contribution in [0.5, 0.6) is 0 Å². The molecule has 0 spiro atoms. The summed E-state index contributed by atoms with van der Waals surface area (Å²) in [5, 5.41) is 1.07. The van der Waals surface area contributed by atoms with Crippen LogP contribution in [0.25, 0.3) is 11.3 Å². The third kappa shape index (κ3) is 3.90. The second-order valence-corrected chi connectivity index (χ2v) is 5.78. The van der Waals surface area contributed by atoms with E-state index >= 15 is 0 Å². The zero-order chi connectivity index (χ0) is 15.2. The predicted molar refractivity (Wildman–Crippen MR) is 89.9 cm³/mol. The van der Waals surface area contributed by atoms with E-state index in [1.54, 1.807) is 11.8 Å². The molecule has 0 amide bonds. The average molecular weight is 294 g/mol. The van der Waals surface area contributed by atoms with Crippen LogP contribution in [0.2, 0.25) is 0 Å². The average Bonchev–Trinajstić information content (AvgIpc) is 2.87. The van der Waals surface area contributed by atoms with Gasteiger partial charge >= 0.3 is 0 Å². The molecule has 0 radical (unpaired) electrons. The van der Waals surface area contributed by atoms with Crippen LogP contribution in [0, 0.1) is 12.1 Å². The first kappa shape index (κ1) is 15.2. The second-order valence-electron chi connectivity index (χ2n) is 4.67. The highest BCUT2D eigenvalue weighted by Crippen LogP contribution is 2.34. The zero-order valence-electron chi connectivity index (χ0n) is 12.6. The van der Waals surface area contributed by atoms with Crippen LogP contribution in [0.4, 0.5) is 0 Å². The van der Waals surface area contributed by atoms with Crippen molar-refractivity contribution in [1.29, 1.82) is 0 Å². The van der Waals surface area contributed by atoms with Crippen molar-refractivity contribution in [3.05, 3.63) is 71.9 Å². The smallest absolute Gasteiger partial charge is 0.107 e. The van der Waals surface area contributed by atoms with Crippen LogP contribution in [0.1, 0.15) is 13.8 Å². The summed E-state index contributed by atoms with van der Waals surface area (Å²) in [6.45, 7) is 8.20. The molecular weight excluding hydrogens is 276 g/mol. The molecule has 0 bridgehead atoms. The first-order valence-electron chi connectivity index (χ1n) is 6.69. The van der Waals surface area contributed by atoms with E-state index in [0.29, 0.717) is 0 Å². The third-order valence-corrected chi connectivity index (χ3v) is 4.10. The maximum absolute atomic E-state index is 4.48. The Labute approximate surface area is 130 Å². The summed E-state index contributed by atoms with van der Waals surface area (Å²) >= 11 is 1.62. The van der Waals surface area contributed by atoms with Crippen LogP contribution in [-0.2, 0) is 7.05 Å². The normalized spacial score (nSPS) is 11.7. The fourth-order valence-corrected chi connectivity index (χ4v) is 2.55. The summed E-state index contributed by atoms with van der Waals surface area (Å²) in [4.78, 5) is 5.46. The highest BCUT2D eigenvalue weighted by Gasteiger charge is 2.12. The van der Waals surface area contributed by atoms with E-state index in [9.17, 15) is 0 Å². The third-order valence-electron chi connectivity index (χ3n) is 3.03. The Balaban J connectivity index is 2.23. The van der Waals surface area contributed by atoms with E-state index < -0.39 is 0 Å². The minimum absolute atomic E-state index is 0.949. The molecule has 2 aromatic rings. The van der Waals surface area contributed by atoms with Crippen molar-refractivity contribution in [2.24, 2.45) is 7.05 Å². The van der Waals surface area contributed by atoms with E-state index in [0.717, 1.165) is 21.2 Å². The molecule has 0 fully saturated rings. The van der Waals surface area contributed by atoms with Gasteiger partial charge in [0, 0.05) is 17.5 Å². The molecule has 1 aromatic heterocycles. The van der Waals surface area contributed by atoms with Crippen molar-refractivity contribution >= 4 is 11.8 Å². The van der Waals surface area contributed by atoms with Gasteiger partial charge in [-0.15, -0.1) is 0 Å². The minimum atomic E-state index is 0.949. The van der Waals surface area contributed by atoms with Crippen molar-refractivity contribution in [2.75, 3.05) is 0 Å². The van der Waals surface area contributed by atoms with Crippen molar-refractivity contribution < 1.29 is 0 Å². The molecule has 3 heteroatoms. The summed E-state index contributed by atoms with van der Waals surface area (Å²) in [6, 6.07) is 11.6. The number of aryl methyl sites for hydroxylation is 1. The molecule has 0 N–H and O–H groups in total. The monoisotopic (exact) mass is 294 g/mol. The number of allylic oxidation sites excluding steroid dienone is 4. The molecule has 0 atom stereocenters. The Kier molecular flexibility index (Phi) is 5.08. The number of hydrogen-bond donors (Lipinski definition) is 0. The standard InChI is InChI=1S/C18H18N2S/c1-5-14(2)11-12-15(3)21-18-17(19-13-20(18)4)16-9-7-6-8-10-16/h5,7,9-13H,3H2,1-2,4H3/b12-11-,14-5-. The van der Waals surface area contributed by atoms with Crippen LogP contribution in [0.3, 0.4) is 0 Å². The first-order valence-corrected chi connectivity index (χ1v) is 7.50. The Morgan fingerprint density at radius 2 is 2.19 bits per heavy atom. The summed E-state index contributed by atoms with van der Waals surface area (Å²) in [5.41, 5.74) is 3.21. The van der Waals surface area contributed by atoms with Gasteiger partial charge in [-0.1, -0.05) is 48.2 Å². The molecule has 0 saturated carbocycles. The number of nitrogens with zero attached hydrogens (tertiary/aromatic N) is 2. The lowest BCUT2D eigenvalue weighted by Gasteiger charge is -2.05. The van der Waals surface area contributed by atoms with E-state index in [1.807, 2.05) is 49.1 Å². The maximum Gasteiger partial charge on any atom is 0.107 e. The number of imidazole rings is 1. The van der Waals surface area contributed by atoms with Crippen LogP contribution < -0.4 is 0 Å². The molecule has 0 aliphatic carbocycles. The van der Waals surface area contributed by atoms with Gasteiger partial charge in [0.2, 0.25) is 0 Å². The lowest BCUT2D eigenvalue weighted by Crippen LogP contribution is -1.89. The molecule has 0 unspecified atom stereocenters. The number of rotatable bonds is 5. The molecular formula is C18H18N2S. The SMILES string of the molecule is C=C(/C=C\C(C)=C/C)Sc1c(-c2cc#ccc2)ncn1C. The van der Waals surface area contributed by atoms with Crippen molar-refractivity contribution in [3.8, 4) is 11.3 Å². The van der Waals surface area contributed by atoms with Gasteiger partial charge in [0.05, 0.1) is 6.33 Å². The summed E-state index contributed by atoms with van der Waals surface area (Å²) in [7, 11) is 1.99. The van der Waals surface area contributed by atoms with Gasteiger partial charge in [-0.3, -0.25) is 0 Å². The van der Waals surface area contributed by atoms with Gasteiger partial charge in [0.15, 0.2) is 0 Å². The van der Waals surface area contributed by atoms with Gasteiger partial charge in [-0.25, -0.2) is 4.98 Å². The van der Waals surface area contributed by atoms with E-state index in [4.69, 9.17) is 0 Å². The van der Waals surface area contributed by atoms with Crippen molar-refractivity contribution in [1.82, 2.24) is 9.55 Å². The summed E-state index contributed by atoms with van der Waals surface area (Å²) in [6.07, 6.45) is 7.99. The molecule has 0 aliphatic heterocycles. The Hall–Kier alpha value is -2.18. The van der Waals surface area contributed by atoms with Crippen molar-refractivity contribution in [3.63, 3.8) is 0 Å². The molecule has 1 heterocycles. The molecule has 21 heavy (non-hydrogen) atoms. The number of hydrogen-bond acceptors (Lipinski definition) is 2. The van der Waals surface area contributed by atoms with Gasteiger partial charge in [0.25, 0.3) is 0 Å². The summed E-state index contributed by atoms with van der Waals surface area (Å²) in [5.74, 6) is 0. The zero-order valence-corrected chi connectivity index (χ0v) is 13.4. The quantitative estimate of drug-likeness (QED) is 0.581. The lowest BCUT2D eigenvalue weighted by atomic mass is 10.2. The van der Waals surface area contributed by atoms with Crippen molar-refractivity contribution in [2.45, 2.75) is 18.9 Å². The van der Waals surface area contributed by atoms with Crippen LogP contribution in [0.15, 0.2) is 64.8 Å². The van der Waals surface area contributed by atoms with E-state index in [1.165, 1.54) is 5.57 Å². The van der Waals surface area contributed by atoms with Gasteiger partial charge < -0.3 is 4.57 Å². The lowest BCUT2D eigenvalue weighted by molar-refractivity contribution is 0.827.